The van der Waals surface area contributed by atoms with Gasteiger partial charge in [0.1, 0.15) is 35.0 Å². The van der Waals surface area contributed by atoms with Gasteiger partial charge in [0.2, 0.25) is 0 Å². The minimum Gasteiger partial charge on any atom is -0.507 e. The Morgan fingerprint density at radius 3 is 1.85 bits per heavy atom. The van der Waals surface area contributed by atoms with E-state index in [4.69, 9.17) is 4.74 Å². The molecule has 3 N–H and O–H groups in total. The van der Waals surface area contributed by atoms with Crippen LogP contribution in [0, 0.1) is 0 Å². The summed E-state index contributed by atoms with van der Waals surface area (Å²) in [6, 6.07) is 3.85. The van der Waals surface area contributed by atoms with Gasteiger partial charge in [0.15, 0.2) is 0 Å². The molecule has 10 heteroatoms. The standard InChI is InChI=1S/C24H32N2O8/c1-24(2,3)34-23(33)26-13-11-19(30)8-6-17(28)5-7-18(29)10-12-25-22(32)20-14-16(15-27)4-9-21(20)31/h4,9,14-15,31H,5-8,10-13H2,1-3H3,(H,25,32)(H,26,33). The topological polar surface area (TPSA) is 156 Å². The number of carbonyl (C=O) groups is 6. The number of phenolic OH excluding ortho intramolecular Hbond substituents is 1. The summed E-state index contributed by atoms with van der Waals surface area (Å²) in [6.45, 7) is 5.31. The summed E-state index contributed by atoms with van der Waals surface area (Å²) < 4.78 is 5.06. The molecule has 2 amide bonds. The molecule has 0 spiro atoms. The summed E-state index contributed by atoms with van der Waals surface area (Å²) in [4.78, 5) is 70.1. The maximum absolute atomic E-state index is 12.1. The van der Waals surface area contributed by atoms with Gasteiger partial charge in [-0.25, -0.2) is 4.79 Å². The number of aromatic hydroxyl groups is 1. The second kappa shape index (κ2) is 13.9. The first-order chi connectivity index (χ1) is 15.9. The second-order valence-electron chi connectivity index (χ2n) is 8.70. The lowest BCUT2D eigenvalue weighted by Crippen LogP contribution is -2.33. The summed E-state index contributed by atoms with van der Waals surface area (Å²) >= 11 is 0. The van der Waals surface area contributed by atoms with E-state index in [2.05, 4.69) is 10.6 Å². The van der Waals surface area contributed by atoms with E-state index in [1.165, 1.54) is 18.2 Å². The van der Waals surface area contributed by atoms with Gasteiger partial charge in [0, 0.05) is 57.2 Å². The second-order valence-corrected chi connectivity index (χ2v) is 8.70. The Kier molecular flexibility index (Phi) is 11.6. The van der Waals surface area contributed by atoms with Gasteiger partial charge in [-0.2, -0.15) is 0 Å². The molecule has 1 aromatic carbocycles. The van der Waals surface area contributed by atoms with Crippen LogP contribution in [0.2, 0.25) is 0 Å². The van der Waals surface area contributed by atoms with Crippen LogP contribution in [0.15, 0.2) is 18.2 Å². The minimum absolute atomic E-state index is 0.00160. The number of carbonyl (C=O) groups excluding carboxylic acids is 6. The van der Waals surface area contributed by atoms with Gasteiger partial charge in [0.25, 0.3) is 5.91 Å². The molecule has 0 radical (unpaired) electrons. The molecule has 0 aliphatic carbocycles. The Hall–Kier alpha value is -3.56. The molecule has 0 bridgehead atoms. The van der Waals surface area contributed by atoms with E-state index < -0.39 is 17.6 Å². The lowest BCUT2D eigenvalue weighted by molar-refractivity contribution is -0.126. The normalized spacial score (nSPS) is 10.8. The summed E-state index contributed by atoms with van der Waals surface area (Å²) in [5.41, 5.74) is -0.469. The van der Waals surface area contributed by atoms with Crippen molar-refractivity contribution in [1.29, 1.82) is 0 Å². The van der Waals surface area contributed by atoms with Crippen LogP contribution in [-0.2, 0) is 19.1 Å². The van der Waals surface area contributed by atoms with E-state index in [0.29, 0.717) is 6.29 Å². The summed E-state index contributed by atoms with van der Waals surface area (Å²) in [7, 11) is 0. The van der Waals surface area contributed by atoms with Crippen molar-refractivity contribution in [3.05, 3.63) is 29.3 Å². The molecule has 0 saturated carbocycles. The molecule has 186 valence electrons. The number of hydrogen-bond acceptors (Lipinski definition) is 8. The van der Waals surface area contributed by atoms with Crippen LogP contribution in [0.4, 0.5) is 4.79 Å². The average molecular weight is 477 g/mol. The van der Waals surface area contributed by atoms with Crippen molar-refractivity contribution >= 4 is 35.6 Å². The lowest BCUT2D eigenvalue weighted by atomic mass is 10.0. The van der Waals surface area contributed by atoms with Gasteiger partial charge in [-0.1, -0.05) is 0 Å². The fourth-order valence-corrected chi connectivity index (χ4v) is 2.77. The number of alkyl carbamates (subject to hydrolysis) is 1. The van der Waals surface area contributed by atoms with Gasteiger partial charge >= 0.3 is 6.09 Å². The summed E-state index contributed by atoms with van der Waals surface area (Å²) in [5, 5.41) is 14.7. The highest BCUT2D eigenvalue weighted by Crippen LogP contribution is 2.17. The summed E-state index contributed by atoms with van der Waals surface area (Å²) in [6.07, 6.45) is 0.0547. The number of benzene rings is 1. The number of Topliss-reactive ketones (excluding diaryl/α,β-unsaturated/α-hetero) is 3. The van der Waals surface area contributed by atoms with Crippen molar-refractivity contribution in [3.8, 4) is 5.75 Å². The van der Waals surface area contributed by atoms with Crippen LogP contribution in [0.1, 0.15) is 80.0 Å². The monoisotopic (exact) mass is 476 g/mol. The van der Waals surface area contributed by atoms with Gasteiger partial charge < -0.3 is 20.5 Å². The predicted molar refractivity (Wildman–Crippen MR) is 123 cm³/mol. The number of rotatable bonds is 14. The van der Waals surface area contributed by atoms with E-state index in [0.717, 1.165) is 0 Å². The molecule has 0 unspecified atom stereocenters. The molecule has 1 aromatic rings. The van der Waals surface area contributed by atoms with Crippen molar-refractivity contribution in [2.45, 2.75) is 64.9 Å². The number of aldehydes is 1. The van der Waals surface area contributed by atoms with E-state index in [1.54, 1.807) is 20.8 Å². The third-order valence-corrected chi connectivity index (χ3v) is 4.53. The van der Waals surface area contributed by atoms with E-state index in [9.17, 15) is 33.9 Å². The zero-order chi connectivity index (χ0) is 25.7. The fourth-order valence-electron chi connectivity index (χ4n) is 2.77. The van der Waals surface area contributed by atoms with Crippen LogP contribution in [0.3, 0.4) is 0 Å². The highest BCUT2D eigenvalue weighted by molar-refractivity contribution is 5.98. The first kappa shape index (κ1) is 28.5. The number of ether oxygens (including phenoxy) is 1. The molecule has 1 rings (SSSR count). The molecule has 0 aliphatic rings. The average Bonchev–Trinajstić information content (AvgIpc) is 2.75. The van der Waals surface area contributed by atoms with Crippen molar-refractivity contribution in [1.82, 2.24) is 10.6 Å². The Bertz CT molecular complexity index is 918. The van der Waals surface area contributed by atoms with Gasteiger partial charge in [0.05, 0.1) is 5.56 Å². The number of phenols is 1. The molecule has 0 heterocycles. The summed E-state index contributed by atoms with van der Waals surface area (Å²) in [5.74, 6) is -1.53. The van der Waals surface area contributed by atoms with Crippen LogP contribution in [-0.4, -0.2) is 59.4 Å². The van der Waals surface area contributed by atoms with Crippen LogP contribution >= 0.6 is 0 Å². The number of nitrogens with one attached hydrogen (secondary N) is 2. The molecule has 0 aliphatic heterocycles. The lowest BCUT2D eigenvalue weighted by Gasteiger charge is -2.19. The Labute approximate surface area is 198 Å². The van der Waals surface area contributed by atoms with Crippen molar-refractivity contribution in [3.63, 3.8) is 0 Å². The van der Waals surface area contributed by atoms with Crippen LogP contribution in [0.25, 0.3) is 0 Å². The number of hydrogen-bond donors (Lipinski definition) is 3. The first-order valence-corrected chi connectivity index (χ1v) is 11.0. The van der Waals surface area contributed by atoms with Crippen molar-refractivity contribution in [2.24, 2.45) is 0 Å². The molecule has 0 atom stereocenters. The molecular weight excluding hydrogens is 444 g/mol. The molecule has 10 nitrogen and oxygen atoms in total. The SMILES string of the molecule is CC(C)(C)OC(=O)NCCC(=O)CCC(=O)CCC(=O)CCNC(=O)c1cc(C=O)ccc1O. The molecule has 34 heavy (non-hydrogen) atoms. The van der Waals surface area contributed by atoms with E-state index >= 15 is 0 Å². The maximum Gasteiger partial charge on any atom is 0.407 e. The molecule has 0 aromatic heterocycles. The fraction of sp³-hybridized carbons (Fsp3) is 0.500. The third kappa shape index (κ3) is 11.9. The Morgan fingerprint density at radius 2 is 1.35 bits per heavy atom. The van der Waals surface area contributed by atoms with Crippen LogP contribution < -0.4 is 10.6 Å². The van der Waals surface area contributed by atoms with Crippen molar-refractivity contribution < 1.29 is 38.6 Å². The third-order valence-electron chi connectivity index (χ3n) is 4.53. The minimum atomic E-state index is -0.629. The maximum atomic E-state index is 12.1. The van der Waals surface area contributed by atoms with Gasteiger partial charge in [-0.3, -0.25) is 24.0 Å². The number of ketones is 3. The first-order valence-electron chi connectivity index (χ1n) is 11.0. The predicted octanol–water partition coefficient (Wildman–Crippen LogP) is 2.51. The Balaban J connectivity index is 2.21. The smallest absolute Gasteiger partial charge is 0.407 e. The highest BCUT2D eigenvalue weighted by Gasteiger charge is 2.16. The number of amides is 2. The van der Waals surface area contributed by atoms with Gasteiger partial charge in [-0.15, -0.1) is 0 Å². The van der Waals surface area contributed by atoms with E-state index in [1.807, 2.05) is 0 Å². The largest absolute Gasteiger partial charge is 0.507 e. The quantitative estimate of drug-likeness (QED) is 0.346. The Morgan fingerprint density at radius 1 is 0.853 bits per heavy atom. The van der Waals surface area contributed by atoms with Gasteiger partial charge in [-0.05, 0) is 39.0 Å². The van der Waals surface area contributed by atoms with Crippen molar-refractivity contribution in [2.75, 3.05) is 13.1 Å². The van der Waals surface area contributed by atoms with Crippen LogP contribution in [0.5, 0.6) is 5.75 Å². The molecule has 0 fully saturated rings. The molecule has 0 saturated heterocycles. The molecular formula is C24H32N2O8. The zero-order valence-electron chi connectivity index (χ0n) is 19.8. The highest BCUT2D eigenvalue weighted by atomic mass is 16.6. The van der Waals surface area contributed by atoms with E-state index in [-0.39, 0.29) is 85.8 Å². The zero-order valence-corrected chi connectivity index (χ0v) is 19.8.